The molecule has 1 fully saturated rings. The van der Waals surface area contributed by atoms with Crippen molar-refractivity contribution in [1.29, 1.82) is 0 Å². The van der Waals surface area contributed by atoms with E-state index in [-0.39, 0.29) is 11.9 Å². The van der Waals surface area contributed by atoms with Crippen LogP contribution in [0.3, 0.4) is 0 Å². The molecule has 144 valence electrons. The van der Waals surface area contributed by atoms with Crippen molar-refractivity contribution >= 4 is 17.2 Å². The lowest BCUT2D eigenvalue weighted by molar-refractivity contribution is 0.0626. The summed E-state index contributed by atoms with van der Waals surface area (Å²) in [4.78, 5) is 19.9. The van der Waals surface area contributed by atoms with Gasteiger partial charge in [-0.25, -0.2) is 4.98 Å². The van der Waals surface area contributed by atoms with E-state index in [9.17, 15) is 4.79 Å². The minimum absolute atomic E-state index is 0.0338. The molecule has 1 aromatic heterocycles. The molecule has 1 amide bonds. The molecule has 0 saturated carbocycles. The number of nitrogens with one attached hydrogen (secondary N) is 1. The standard InChI is InChI=1S/C22H23N3O2S/c1-15-7-3-4-8-16(15)21-24-18(14-28-21)22(26)25-12-11-23-13-19(25)17-9-5-6-10-20(17)27-2/h3-10,14,19,23H,11-13H2,1-2H3. The quantitative estimate of drug-likeness (QED) is 0.730. The van der Waals surface area contributed by atoms with E-state index >= 15 is 0 Å². The van der Waals surface area contributed by atoms with Crippen LogP contribution in [0.2, 0.25) is 0 Å². The first kappa shape index (κ1) is 18.7. The zero-order valence-electron chi connectivity index (χ0n) is 16.0. The van der Waals surface area contributed by atoms with Crippen LogP contribution in [0.4, 0.5) is 0 Å². The first-order valence-corrected chi connectivity index (χ1v) is 10.2. The molecule has 0 aliphatic carbocycles. The van der Waals surface area contributed by atoms with Gasteiger partial charge in [-0.3, -0.25) is 4.79 Å². The molecule has 6 heteroatoms. The zero-order chi connectivity index (χ0) is 19.5. The van der Waals surface area contributed by atoms with Crippen molar-refractivity contribution in [2.45, 2.75) is 13.0 Å². The predicted molar refractivity (Wildman–Crippen MR) is 112 cm³/mol. The van der Waals surface area contributed by atoms with E-state index < -0.39 is 0 Å². The van der Waals surface area contributed by atoms with Gasteiger partial charge in [0.15, 0.2) is 0 Å². The zero-order valence-corrected chi connectivity index (χ0v) is 16.8. The Morgan fingerprint density at radius 2 is 2.00 bits per heavy atom. The Balaban J connectivity index is 1.64. The summed E-state index contributed by atoms with van der Waals surface area (Å²) in [5.41, 5.74) is 3.75. The van der Waals surface area contributed by atoms with E-state index in [4.69, 9.17) is 4.74 Å². The number of piperazine rings is 1. The summed E-state index contributed by atoms with van der Waals surface area (Å²) >= 11 is 1.51. The molecule has 5 nitrogen and oxygen atoms in total. The maximum atomic E-state index is 13.3. The largest absolute Gasteiger partial charge is 0.496 e. The van der Waals surface area contributed by atoms with Crippen molar-refractivity contribution in [3.8, 4) is 16.3 Å². The predicted octanol–water partition coefficient (Wildman–Crippen LogP) is 3.91. The third-order valence-corrected chi connectivity index (χ3v) is 5.98. The molecule has 28 heavy (non-hydrogen) atoms. The first-order valence-electron chi connectivity index (χ1n) is 9.35. The second-order valence-corrected chi connectivity index (χ2v) is 7.67. The number of benzene rings is 2. The highest BCUT2D eigenvalue weighted by Gasteiger charge is 2.31. The molecule has 0 bridgehead atoms. The fraction of sp³-hybridized carbons (Fsp3) is 0.273. The van der Waals surface area contributed by atoms with Gasteiger partial charge in [0.25, 0.3) is 5.91 Å². The maximum absolute atomic E-state index is 13.3. The Hall–Kier alpha value is -2.70. The van der Waals surface area contributed by atoms with E-state index in [1.165, 1.54) is 11.3 Å². The fourth-order valence-electron chi connectivity index (χ4n) is 3.62. The minimum Gasteiger partial charge on any atom is -0.496 e. The molecule has 0 spiro atoms. The first-order chi connectivity index (χ1) is 13.7. The number of rotatable bonds is 4. The number of ether oxygens (including phenoxy) is 1. The Morgan fingerprint density at radius 1 is 1.21 bits per heavy atom. The summed E-state index contributed by atoms with van der Waals surface area (Å²) in [6, 6.07) is 15.9. The van der Waals surface area contributed by atoms with Crippen LogP contribution in [0.15, 0.2) is 53.9 Å². The van der Waals surface area contributed by atoms with Crippen LogP contribution in [0.25, 0.3) is 10.6 Å². The Morgan fingerprint density at radius 3 is 2.82 bits per heavy atom. The molecule has 1 atom stereocenters. The van der Waals surface area contributed by atoms with Crippen LogP contribution >= 0.6 is 11.3 Å². The van der Waals surface area contributed by atoms with Gasteiger partial charge in [-0.15, -0.1) is 11.3 Å². The summed E-state index contributed by atoms with van der Waals surface area (Å²) in [6.45, 7) is 4.16. The Kier molecular flexibility index (Phi) is 5.41. The average Bonchev–Trinajstić information content (AvgIpc) is 3.23. The highest BCUT2D eigenvalue weighted by molar-refractivity contribution is 7.13. The molecule has 1 unspecified atom stereocenters. The van der Waals surface area contributed by atoms with Gasteiger partial charge in [-0.2, -0.15) is 0 Å². The van der Waals surface area contributed by atoms with Crippen LogP contribution in [0.5, 0.6) is 5.75 Å². The van der Waals surface area contributed by atoms with Gasteiger partial charge in [0.05, 0.1) is 13.2 Å². The number of carbonyl (C=O) groups is 1. The molecule has 1 aliphatic heterocycles. The van der Waals surface area contributed by atoms with Crippen LogP contribution < -0.4 is 10.1 Å². The van der Waals surface area contributed by atoms with Gasteiger partial charge in [0.1, 0.15) is 16.5 Å². The molecule has 3 aromatic rings. The maximum Gasteiger partial charge on any atom is 0.273 e. The lowest BCUT2D eigenvalue weighted by atomic mass is 10.0. The number of hydrogen-bond acceptors (Lipinski definition) is 5. The molecular weight excluding hydrogens is 370 g/mol. The smallest absolute Gasteiger partial charge is 0.273 e. The van der Waals surface area contributed by atoms with Crippen LogP contribution in [0.1, 0.15) is 27.7 Å². The number of hydrogen-bond donors (Lipinski definition) is 1. The van der Waals surface area contributed by atoms with Crippen LogP contribution in [0, 0.1) is 6.92 Å². The summed E-state index contributed by atoms with van der Waals surface area (Å²) in [5, 5.41) is 6.14. The van der Waals surface area contributed by atoms with E-state index in [1.807, 2.05) is 52.7 Å². The number of aryl methyl sites for hydroxylation is 1. The van der Waals surface area contributed by atoms with Crippen molar-refractivity contribution < 1.29 is 9.53 Å². The molecule has 1 saturated heterocycles. The van der Waals surface area contributed by atoms with Crippen molar-refractivity contribution in [3.05, 3.63) is 70.7 Å². The number of thiazole rings is 1. The van der Waals surface area contributed by atoms with E-state index in [1.54, 1.807) is 7.11 Å². The molecule has 2 aromatic carbocycles. The number of aromatic nitrogens is 1. The summed E-state index contributed by atoms with van der Waals surface area (Å²) < 4.78 is 5.53. The SMILES string of the molecule is COc1ccccc1C1CNCCN1C(=O)c1csc(-c2ccccc2C)n1. The summed E-state index contributed by atoms with van der Waals surface area (Å²) in [7, 11) is 1.66. The normalized spacial score (nSPS) is 16.8. The van der Waals surface area contributed by atoms with Crippen LogP contribution in [-0.4, -0.2) is 42.5 Å². The molecule has 2 heterocycles. The number of methoxy groups -OCH3 is 1. The average molecular weight is 394 g/mol. The van der Waals surface area contributed by atoms with Crippen molar-refractivity contribution in [1.82, 2.24) is 15.2 Å². The van der Waals surface area contributed by atoms with Gasteiger partial charge in [0.2, 0.25) is 0 Å². The second kappa shape index (κ2) is 8.12. The van der Waals surface area contributed by atoms with Gasteiger partial charge >= 0.3 is 0 Å². The van der Waals surface area contributed by atoms with Crippen molar-refractivity contribution in [3.63, 3.8) is 0 Å². The molecule has 1 N–H and O–H groups in total. The van der Waals surface area contributed by atoms with Crippen molar-refractivity contribution in [2.75, 3.05) is 26.7 Å². The van der Waals surface area contributed by atoms with Gasteiger partial charge < -0.3 is 15.0 Å². The molecule has 1 aliphatic rings. The lowest BCUT2D eigenvalue weighted by Crippen LogP contribution is -2.48. The second-order valence-electron chi connectivity index (χ2n) is 6.81. The van der Waals surface area contributed by atoms with Gasteiger partial charge in [0, 0.05) is 36.1 Å². The number of nitrogens with zero attached hydrogens (tertiary/aromatic N) is 2. The molecule has 0 radical (unpaired) electrons. The van der Waals surface area contributed by atoms with E-state index in [2.05, 4.69) is 23.3 Å². The Bertz CT molecular complexity index is 985. The Labute approximate surface area is 169 Å². The van der Waals surface area contributed by atoms with Crippen molar-refractivity contribution in [2.24, 2.45) is 0 Å². The number of para-hydroxylation sites is 1. The molecule has 4 rings (SSSR count). The van der Waals surface area contributed by atoms with Crippen LogP contribution in [-0.2, 0) is 0 Å². The fourth-order valence-corrected chi connectivity index (χ4v) is 4.51. The van der Waals surface area contributed by atoms with E-state index in [0.29, 0.717) is 18.8 Å². The topological polar surface area (TPSA) is 54.5 Å². The van der Waals surface area contributed by atoms with Gasteiger partial charge in [-0.1, -0.05) is 42.5 Å². The highest BCUT2D eigenvalue weighted by atomic mass is 32.1. The number of amides is 1. The third-order valence-electron chi connectivity index (χ3n) is 5.10. The van der Waals surface area contributed by atoms with Gasteiger partial charge in [-0.05, 0) is 18.6 Å². The highest BCUT2D eigenvalue weighted by Crippen LogP contribution is 2.32. The van der Waals surface area contributed by atoms with E-state index in [0.717, 1.165) is 34.0 Å². The molecular formula is C22H23N3O2S. The number of carbonyl (C=O) groups excluding carboxylic acids is 1. The third kappa shape index (κ3) is 3.53. The monoisotopic (exact) mass is 393 g/mol. The lowest BCUT2D eigenvalue weighted by Gasteiger charge is -2.36. The minimum atomic E-state index is -0.0824. The summed E-state index contributed by atoms with van der Waals surface area (Å²) in [5.74, 6) is 0.765. The summed E-state index contributed by atoms with van der Waals surface area (Å²) in [6.07, 6.45) is 0.